The number of methoxy groups -OCH3 is 1. The molecule has 0 radical (unpaired) electrons. The second kappa shape index (κ2) is 12.1. The van der Waals surface area contributed by atoms with Gasteiger partial charge in [0.15, 0.2) is 0 Å². The molecule has 0 aliphatic carbocycles. The van der Waals surface area contributed by atoms with Crippen LogP contribution in [0.15, 0.2) is 55.8 Å². The summed E-state index contributed by atoms with van der Waals surface area (Å²) < 4.78 is 6.52. The molecule has 0 aliphatic rings. The number of aliphatic imine (C=N–C) groups is 3. The lowest BCUT2D eigenvalue weighted by molar-refractivity contribution is 0.413. The largest absolute Gasteiger partial charge is 0.494 e. The van der Waals surface area contributed by atoms with E-state index in [9.17, 15) is 0 Å². The van der Waals surface area contributed by atoms with Crippen LogP contribution in [0.3, 0.4) is 0 Å². The van der Waals surface area contributed by atoms with Crippen LogP contribution < -0.4 is 26.0 Å². The molecule has 2 rings (SSSR count). The third-order valence-electron chi connectivity index (χ3n) is 4.54. The van der Waals surface area contributed by atoms with E-state index in [2.05, 4.69) is 58.1 Å². The summed E-state index contributed by atoms with van der Waals surface area (Å²) >= 11 is 3.44. The zero-order valence-electron chi connectivity index (χ0n) is 19.2. The first-order chi connectivity index (χ1) is 15.3. The average Bonchev–Trinajstić information content (AvgIpc) is 2.76. The van der Waals surface area contributed by atoms with E-state index in [-0.39, 0.29) is 0 Å². The van der Waals surface area contributed by atoms with Crippen molar-refractivity contribution in [3.8, 4) is 5.75 Å². The van der Waals surface area contributed by atoms with Crippen molar-refractivity contribution in [3.63, 3.8) is 0 Å². The van der Waals surface area contributed by atoms with Crippen molar-refractivity contribution in [1.29, 1.82) is 0 Å². The zero-order chi connectivity index (χ0) is 23.7. The molecule has 172 valence electrons. The number of nitrogen functional groups attached to an aromatic ring is 1. The highest BCUT2D eigenvalue weighted by Gasteiger charge is 2.14. The molecule has 2 aromatic rings. The normalized spacial score (nSPS) is 12.0. The molecule has 0 atom stereocenters. The van der Waals surface area contributed by atoms with E-state index >= 15 is 0 Å². The van der Waals surface area contributed by atoms with Crippen LogP contribution in [0.5, 0.6) is 5.75 Å². The number of guanidine groups is 2. The number of halogens is 1. The van der Waals surface area contributed by atoms with Crippen molar-refractivity contribution in [2.24, 2.45) is 15.0 Å². The third kappa shape index (κ3) is 7.24. The number of likely N-dealkylation sites (N-methyl/N-ethyl adjacent to an activating group) is 2. The summed E-state index contributed by atoms with van der Waals surface area (Å²) in [6.45, 7) is 5.32. The first-order valence-electron chi connectivity index (χ1n) is 9.92. The first kappa shape index (κ1) is 25.2. The maximum absolute atomic E-state index is 6.34. The molecular formula is C22H31BrN8O. The van der Waals surface area contributed by atoms with E-state index in [0.717, 1.165) is 28.9 Å². The van der Waals surface area contributed by atoms with Crippen molar-refractivity contribution < 1.29 is 4.74 Å². The smallest absolute Gasteiger partial charge is 0.229 e. The van der Waals surface area contributed by atoms with E-state index in [4.69, 9.17) is 10.5 Å². The van der Waals surface area contributed by atoms with Gasteiger partial charge >= 0.3 is 0 Å². The SMILES string of the molecule is C=N/C(=N\C(=N/C)Nc1cc(N)c(N(C)CCN(C)C)cc1OC)Nc1cccc(Br)c1. The summed E-state index contributed by atoms with van der Waals surface area (Å²) in [6, 6.07) is 11.4. The fourth-order valence-corrected chi connectivity index (χ4v) is 3.21. The van der Waals surface area contributed by atoms with Gasteiger partial charge < -0.3 is 30.9 Å². The van der Waals surface area contributed by atoms with Gasteiger partial charge in [-0.3, -0.25) is 4.99 Å². The lowest BCUT2D eigenvalue weighted by Gasteiger charge is -2.24. The van der Waals surface area contributed by atoms with E-state index < -0.39 is 0 Å². The molecule has 0 saturated carbocycles. The van der Waals surface area contributed by atoms with Crippen LogP contribution in [0, 0.1) is 0 Å². The number of nitrogens with one attached hydrogen (secondary N) is 2. The number of ether oxygens (including phenoxy) is 1. The Hall–Kier alpha value is -3.11. The fourth-order valence-electron chi connectivity index (χ4n) is 2.81. The minimum absolute atomic E-state index is 0.295. The van der Waals surface area contributed by atoms with Gasteiger partial charge in [-0.15, -0.1) is 0 Å². The molecule has 10 heteroatoms. The molecular weight excluding hydrogens is 472 g/mol. The second-order valence-corrected chi connectivity index (χ2v) is 8.15. The Balaban J connectivity index is 2.25. The highest BCUT2D eigenvalue weighted by molar-refractivity contribution is 9.10. The molecule has 0 bridgehead atoms. The lowest BCUT2D eigenvalue weighted by Crippen LogP contribution is -2.29. The van der Waals surface area contributed by atoms with Gasteiger partial charge in [0.2, 0.25) is 11.9 Å². The van der Waals surface area contributed by atoms with Crippen molar-refractivity contribution in [2.75, 3.05) is 69.7 Å². The Morgan fingerprint density at radius 3 is 2.47 bits per heavy atom. The van der Waals surface area contributed by atoms with Crippen LogP contribution in [0.4, 0.5) is 22.7 Å². The van der Waals surface area contributed by atoms with Crippen LogP contribution in [0.1, 0.15) is 0 Å². The van der Waals surface area contributed by atoms with E-state index in [1.165, 1.54) is 0 Å². The van der Waals surface area contributed by atoms with Crippen LogP contribution >= 0.6 is 15.9 Å². The van der Waals surface area contributed by atoms with Gasteiger partial charge in [-0.25, -0.2) is 4.99 Å². The summed E-state index contributed by atoms with van der Waals surface area (Å²) in [5.41, 5.74) is 9.30. The molecule has 0 spiro atoms. The Morgan fingerprint density at radius 2 is 1.88 bits per heavy atom. The number of anilines is 4. The summed E-state index contributed by atoms with van der Waals surface area (Å²) in [6.07, 6.45) is 0. The number of hydrogen-bond acceptors (Lipinski definition) is 5. The molecule has 0 heterocycles. The first-order valence-corrected chi connectivity index (χ1v) is 10.7. The maximum Gasteiger partial charge on any atom is 0.229 e. The number of nitrogens with zero attached hydrogens (tertiary/aromatic N) is 5. The van der Waals surface area contributed by atoms with Crippen LogP contribution in [-0.4, -0.2) is 71.9 Å². The minimum atomic E-state index is 0.295. The van der Waals surface area contributed by atoms with Gasteiger partial charge in [-0.1, -0.05) is 22.0 Å². The Kier molecular flexibility index (Phi) is 9.48. The summed E-state index contributed by atoms with van der Waals surface area (Å²) in [5, 5.41) is 6.27. The second-order valence-electron chi connectivity index (χ2n) is 7.24. The van der Waals surface area contributed by atoms with E-state index in [0.29, 0.717) is 29.0 Å². The standard InChI is InChI=1S/C22H31BrN8O/c1-25-21(27-16-9-7-8-15(23)12-16)29-22(26-2)28-18-13-17(24)19(14-20(18)32-6)31(5)11-10-30(3)4/h7-9,12-14H,1,10-11,24H2,2-6H3,(H2,26,27,28,29). The summed E-state index contributed by atoms with van der Waals surface area (Å²) in [7, 11) is 9.31. The predicted octanol–water partition coefficient (Wildman–Crippen LogP) is 3.60. The van der Waals surface area contributed by atoms with Gasteiger partial charge in [0.05, 0.1) is 24.2 Å². The maximum atomic E-state index is 6.34. The van der Waals surface area contributed by atoms with Gasteiger partial charge in [-0.05, 0) is 45.1 Å². The third-order valence-corrected chi connectivity index (χ3v) is 5.04. The van der Waals surface area contributed by atoms with Gasteiger partial charge in [0.25, 0.3) is 0 Å². The Labute approximate surface area is 198 Å². The van der Waals surface area contributed by atoms with Crippen molar-refractivity contribution >= 4 is 57.3 Å². The van der Waals surface area contributed by atoms with Gasteiger partial charge in [0.1, 0.15) is 5.75 Å². The highest BCUT2D eigenvalue weighted by Crippen LogP contribution is 2.35. The zero-order valence-corrected chi connectivity index (χ0v) is 20.8. The van der Waals surface area contributed by atoms with Gasteiger partial charge in [-0.2, -0.15) is 4.99 Å². The van der Waals surface area contributed by atoms with Crippen molar-refractivity contribution in [2.45, 2.75) is 0 Å². The molecule has 0 unspecified atom stereocenters. The highest BCUT2D eigenvalue weighted by atomic mass is 79.9. The molecule has 0 aliphatic heterocycles. The minimum Gasteiger partial charge on any atom is -0.494 e. The monoisotopic (exact) mass is 502 g/mol. The van der Waals surface area contributed by atoms with Crippen molar-refractivity contribution in [3.05, 3.63) is 40.9 Å². The lowest BCUT2D eigenvalue weighted by atomic mass is 10.2. The molecule has 0 fully saturated rings. The Morgan fingerprint density at radius 1 is 1.12 bits per heavy atom. The van der Waals surface area contributed by atoms with E-state index in [1.54, 1.807) is 14.2 Å². The topological polar surface area (TPSA) is 103 Å². The van der Waals surface area contributed by atoms with Crippen molar-refractivity contribution in [1.82, 2.24) is 4.90 Å². The molecule has 0 aromatic heterocycles. The van der Waals surface area contributed by atoms with Crippen LogP contribution in [-0.2, 0) is 0 Å². The van der Waals surface area contributed by atoms with E-state index in [1.807, 2.05) is 57.5 Å². The number of rotatable bonds is 7. The summed E-state index contributed by atoms with van der Waals surface area (Å²) in [5.74, 6) is 1.24. The quantitative estimate of drug-likeness (QED) is 0.303. The Bertz CT molecular complexity index is 990. The van der Waals surface area contributed by atoms with Crippen LogP contribution in [0.25, 0.3) is 0 Å². The van der Waals surface area contributed by atoms with Gasteiger partial charge in [0, 0.05) is 43.4 Å². The molecule has 9 nitrogen and oxygen atoms in total. The fraction of sp³-hybridized carbons (Fsp3) is 0.318. The number of hydrogen-bond donors (Lipinski definition) is 3. The number of benzene rings is 2. The van der Waals surface area contributed by atoms with Crippen LogP contribution in [0.2, 0.25) is 0 Å². The summed E-state index contributed by atoms with van der Waals surface area (Å²) in [4.78, 5) is 16.8. The number of nitrogens with two attached hydrogens (primary N) is 1. The average molecular weight is 503 g/mol. The predicted molar refractivity (Wildman–Crippen MR) is 141 cm³/mol. The molecule has 2 aromatic carbocycles. The molecule has 0 saturated heterocycles. The molecule has 0 amide bonds. The molecule has 32 heavy (non-hydrogen) atoms. The molecule has 4 N–H and O–H groups in total.